The van der Waals surface area contributed by atoms with E-state index in [1.807, 2.05) is 95.5 Å². The highest BCUT2D eigenvalue weighted by Crippen LogP contribution is 2.36. The Morgan fingerprint density at radius 2 is 0.825 bits per heavy atom. The molecule has 0 bridgehead atoms. The predicted octanol–water partition coefficient (Wildman–Crippen LogP) is 12.1. The number of nitrogens with two attached hydrogens (primary N) is 3. The molecule has 15 rings (SSSR count). The maximum Gasteiger partial charge on any atom is 0.516 e. The Balaban J connectivity index is 0.000000137. The SMILES string of the molecule is CC1(C)OB(c2cnc(N)cn2)OC1(C)C.Cc1nn(-c2nccs2)cc1-c1cnc(N)cn1.Cc1nn(-c2nccs2)cc1-c1cnc(N)cn1.Cc1nn(-c2nccs2)cc1-c1cnc(NC(=O)c2c(F)cccc2F)cn1.Cc1nn(-c2nccs2)cc1Br.O=C(Cl)c1c(F)cccc1F. The summed E-state index contributed by atoms with van der Waals surface area (Å²) in [5.41, 5.74) is 23.2. The molecule has 1 aliphatic heterocycles. The smallest absolute Gasteiger partial charge is 0.398 e. The molecular weight excluding hydrogens is 1500 g/mol. The molecule has 103 heavy (non-hydrogen) atoms. The second-order valence-electron chi connectivity index (χ2n) is 22.3. The topological polar surface area (TPSA) is 369 Å². The van der Waals surface area contributed by atoms with Gasteiger partial charge in [-0.05, 0) is 107 Å². The van der Waals surface area contributed by atoms with Crippen molar-refractivity contribution in [2.45, 2.75) is 66.6 Å². The highest BCUT2D eigenvalue weighted by Gasteiger charge is 2.52. The van der Waals surface area contributed by atoms with E-state index in [0.29, 0.717) is 28.7 Å². The van der Waals surface area contributed by atoms with Crippen molar-refractivity contribution in [3.05, 3.63) is 219 Å². The summed E-state index contributed by atoms with van der Waals surface area (Å²) in [4.78, 5) is 72.3. The molecule has 0 unspecified atom stereocenters. The van der Waals surface area contributed by atoms with Gasteiger partial charge in [0.1, 0.15) is 51.8 Å². The van der Waals surface area contributed by atoms with Crippen LogP contribution in [0.15, 0.2) is 162 Å². The second kappa shape index (κ2) is 33.3. The van der Waals surface area contributed by atoms with Crippen molar-refractivity contribution in [1.82, 2.24) is 98.9 Å². The predicted molar refractivity (Wildman–Crippen MR) is 389 cm³/mol. The fourth-order valence-electron chi connectivity index (χ4n) is 8.78. The number of aryl methyl sites for hydroxylation is 4. The maximum atomic E-state index is 13.7. The number of hydrogen-bond acceptors (Lipinski definition) is 27. The molecule has 0 radical (unpaired) electrons. The van der Waals surface area contributed by atoms with Gasteiger partial charge in [0.05, 0.1) is 105 Å². The van der Waals surface area contributed by atoms with Gasteiger partial charge in [0, 0.05) is 94.0 Å². The third-order valence-corrected chi connectivity index (χ3v) is 18.6. The quantitative estimate of drug-likeness (QED) is 0.0531. The van der Waals surface area contributed by atoms with Gasteiger partial charge in [0.15, 0.2) is 5.82 Å². The van der Waals surface area contributed by atoms with Gasteiger partial charge in [-0.15, -0.1) is 45.3 Å². The Bertz CT molecular complexity index is 4940. The highest BCUT2D eigenvalue weighted by atomic mass is 79.9. The second-order valence-corrected chi connectivity index (χ2v) is 27.0. The van der Waals surface area contributed by atoms with Crippen molar-refractivity contribution in [2.24, 2.45) is 0 Å². The molecule has 39 heteroatoms. The zero-order chi connectivity index (χ0) is 73.7. The first kappa shape index (κ1) is 74.8. The first-order valence-electron chi connectivity index (χ1n) is 30.0. The number of benzene rings is 2. The van der Waals surface area contributed by atoms with E-state index in [2.05, 4.69) is 101 Å². The van der Waals surface area contributed by atoms with E-state index in [-0.39, 0.29) is 17.0 Å². The lowest BCUT2D eigenvalue weighted by Gasteiger charge is -2.32. The molecule has 12 aromatic heterocycles. The zero-order valence-corrected chi connectivity index (χ0v) is 60.9. The van der Waals surface area contributed by atoms with E-state index < -0.39 is 52.7 Å². The van der Waals surface area contributed by atoms with Crippen LogP contribution in [0.1, 0.15) is 71.2 Å². The van der Waals surface area contributed by atoms with Crippen molar-refractivity contribution in [3.8, 4) is 54.3 Å². The van der Waals surface area contributed by atoms with Gasteiger partial charge in [0.2, 0.25) is 20.5 Å². The first-order valence-corrected chi connectivity index (χ1v) is 34.7. The minimum Gasteiger partial charge on any atom is -0.398 e. The number of aromatic nitrogens is 20. The molecule has 1 amide bonds. The highest BCUT2D eigenvalue weighted by molar-refractivity contribution is 9.10. The van der Waals surface area contributed by atoms with Crippen LogP contribution in [-0.4, -0.2) is 128 Å². The van der Waals surface area contributed by atoms with Gasteiger partial charge in [-0.3, -0.25) is 29.5 Å². The summed E-state index contributed by atoms with van der Waals surface area (Å²) in [6, 6.07) is 6.31. The van der Waals surface area contributed by atoms with E-state index in [0.717, 1.165) is 106 Å². The van der Waals surface area contributed by atoms with E-state index in [1.54, 1.807) is 79.6 Å². The number of carbonyl (C=O) groups is 2. The molecule has 13 heterocycles. The third kappa shape index (κ3) is 18.8. The molecule has 1 fully saturated rings. The summed E-state index contributed by atoms with van der Waals surface area (Å²) in [7, 11) is -0.474. The summed E-state index contributed by atoms with van der Waals surface area (Å²) in [5, 5.41) is 29.6. The largest absolute Gasteiger partial charge is 0.516 e. The monoisotopic (exact) mass is 1550 g/mol. The Morgan fingerprint density at radius 3 is 1.13 bits per heavy atom. The number of nitrogens with one attached hydrogen (secondary N) is 1. The van der Waals surface area contributed by atoms with Gasteiger partial charge in [-0.2, -0.15) is 20.4 Å². The lowest BCUT2D eigenvalue weighted by atomic mass is 9.85. The van der Waals surface area contributed by atoms with Gasteiger partial charge in [0.25, 0.3) is 11.1 Å². The first-order chi connectivity index (χ1) is 49.2. The summed E-state index contributed by atoms with van der Waals surface area (Å²) in [6.07, 6.45) is 26.6. The number of nitrogens with zero attached hydrogens (tertiary/aromatic N) is 20. The molecular formula is C64H57BBrClF4N24O4S4. The molecule has 7 N–H and O–H groups in total. The standard InChI is InChI=1S/C18H12F2N6OS.2C11H10N6S.C10H16BN3O2.C7H6BrN3S.C7H3ClF2O/c1-10-11(9-26(25-10)18-21-5-6-28-18)14-7-23-15(8-22-14)24-17(27)16-12(19)3-2-4-13(16)20;2*1-7-8(9-4-15-10(12)5-14-9)6-17(16-7)11-13-2-3-18-11;1-9(2)10(3,4)16-11(15-9)7-5-14-8(12)6-13-7;1-5-6(8)4-11(10-5)7-9-2-3-12-7;8-7(11)6-4(9)2-1-3-5(6)10/h2-9H,1H3,(H,23,24,27);2*2-6H,1H3,(H2,12,15);5-6H,1-4H3,(H2,12,14);2-4H,1H3;1-3H. The van der Waals surface area contributed by atoms with Crippen LogP contribution in [0.25, 0.3) is 54.3 Å². The van der Waals surface area contributed by atoms with Crippen LogP contribution in [0.4, 0.5) is 40.8 Å². The molecule has 1 aliphatic rings. The van der Waals surface area contributed by atoms with Crippen LogP contribution in [0, 0.1) is 51.0 Å². The van der Waals surface area contributed by atoms with Crippen molar-refractivity contribution < 1.29 is 36.5 Å². The molecule has 0 spiro atoms. The number of carbonyl (C=O) groups excluding carboxylic acids is 2. The Hall–Kier alpha value is -10.9. The van der Waals surface area contributed by atoms with Crippen LogP contribution in [0.5, 0.6) is 0 Å². The Morgan fingerprint density at radius 1 is 0.476 bits per heavy atom. The fraction of sp³-hybridized carbons (Fsp3) is 0.156. The van der Waals surface area contributed by atoms with Gasteiger partial charge >= 0.3 is 7.12 Å². The van der Waals surface area contributed by atoms with E-state index >= 15 is 0 Å². The lowest BCUT2D eigenvalue weighted by molar-refractivity contribution is 0.00578. The third-order valence-electron chi connectivity index (χ3n) is 14.6. The lowest BCUT2D eigenvalue weighted by Crippen LogP contribution is -2.41. The number of thiazole rings is 4. The van der Waals surface area contributed by atoms with Crippen LogP contribution in [-0.2, 0) is 9.31 Å². The molecule has 14 aromatic rings. The van der Waals surface area contributed by atoms with Gasteiger partial charge in [-0.1, -0.05) is 12.1 Å². The van der Waals surface area contributed by atoms with Crippen LogP contribution < -0.4 is 28.1 Å². The number of halogens is 6. The molecule has 0 aliphatic carbocycles. The van der Waals surface area contributed by atoms with Gasteiger partial charge < -0.3 is 31.8 Å². The Kier molecular flexibility index (Phi) is 24.2. The Labute approximate surface area is 613 Å². The number of nitrogen functional groups attached to an aromatic ring is 3. The van der Waals surface area contributed by atoms with Crippen molar-refractivity contribution >= 4 is 120 Å². The van der Waals surface area contributed by atoms with Crippen molar-refractivity contribution in [2.75, 3.05) is 22.5 Å². The number of anilines is 4. The van der Waals surface area contributed by atoms with Gasteiger partial charge in [-0.25, -0.2) is 76.2 Å². The van der Waals surface area contributed by atoms with Crippen LogP contribution >= 0.6 is 72.9 Å². The summed E-state index contributed by atoms with van der Waals surface area (Å²) in [5.74, 6) is -3.45. The number of amides is 1. The van der Waals surface area contributed by atoms with E-state index in [1.165, 1.54) is 71.1 Å². The average molecular weight is 1560 g/mol. The van der Waals surface area contributed by atoms with Crippen molar-refractivity contribution in [3.63, 3.8) is 0 Å². The minimum atomic E-state index is -1.12. The van der Waals surface area contributed by atoms with Crippen LogP contribution in [0.3, 0.4) is 0 Å². The molecule has 0 saturated carbocycles. The number of rotatable bonds is 11. The van der Waals surface area contributed by atoms with Crippen LogP contribution in [0.2, 0.25) is 0 Å². The average Bonchev–Trinajstić information content (AvgIpc) is 1.63. The molecule has 1 saturated heterocycles. The normalized spacial score (nSPS) is 12.4. The summed E-state index contributed by atoms with van der Waals surface area (Å²) < 4.78 is 72.1. The van der Waals surface area contributed by atoms with E-state index in [9.17, 15) is 27.2 Å². The zero-order valence-electron chi connectivity index (χ0n) is 55.3. The summed E-state index contributed by atoms with van der Waals surface area (Å²) in [6.45, 7) is 15.6. The molecule has 28 nitrogen and oxygen atoms in total. The fourth-order valence-corrected chi connectivity index (χ4v) is 11.5. The molecule has 0 atom stereocenters. The molecule has 526 valence electrons. The van der Waals surface area contributed by atoms with Crippen molar-refractivity contribution in [1.29, 1.82) is 0 Å². The maximum absolute atomic E-state index is 13.7. The molecule has 2 aromatic carbocycles. The minimum absolute atomic E-state index is 0.0707. The number of hydrogen-bond donors (Lipinski definition) is 4. The van der Waals surface area contributed by atoms with E-state index in [4.69, 9.17) is 38.1 Å². The summed E-state index contributed by atoms with van der Waals surface area (Å²) >= 11 is 14.4.